The van der Waals surface area contributed by atoms with Crippen molar-refractivity contribution in [3.63, 3.8) is 0 Å². The number of benzene rings is 1. The summed E-state index contributed by atoms with van der Waals surface area (Å²) in [5.41, 5.74) is 2.56. The summed E-state index contributed by atoms with van der Waals surface area (Å²) in [6.07, 6.45) is 4.85. The second-order valence-electron chi connectivity index (χ2n) is 4.99. The minimum Gasteiger partial charge on any atom is -0.325 e. The first kappa shape index (κ1) is 16.5. The fourth-order valence-corrected chi connectivity index (χ4v) is 2.90. The molecule has 2 aromatic heterocycles. The third-order valence-electron chi connectivity index (χ3n) is 3.25. The molecule has 1 aromatic carbocycles. The van der Waals surface area contributed by atoms with Crippen molar-refractivity contribution >= 4 is 35.0 Å². The normalized spacial score (nSPS) is 10.6. The van der Waals surface area contributed by atoms with Crippen molar-refractivity contribution in [1.82, 2.24) is 19.7 Å². The molecule has 0 fully saturated rings. The van der Waals surface area contributed by atoms with Crippen LogP contribution in [0.4, 0.5) is 5.69 Å². The highest BCUT2D eigenvalue weighted by molar-refractivity contribution is 7.99. The minimum absolute atomic E-state index is 0.123. The van der Waals surface area contributed by atoms with Crippen molar-refractivity contribution in [2.75, 3.05) is 11.1 Å². The van der Waals surface area contributed by atoms with E-state index in [9.17, 15) is 4.79 Å². The van der Waals surface area contributed by atoms with Gasteiger partial charge < -0.3 is 5.32 Å². The van der Waals surface area contributed by atoms with Gasteiger partial charge in [0.15, 0.2) is 5.16 Å². The number of rotatable bonds is 5. The van der Waals surface area contributed by atoms with Crippen LogP contribution in [-0.4, -0.2) is 31.4 Å². The van der Waals surface area contributed by atoms with Crippen molar-refractivity contribution in [3.8, 4) is 5.69 Å². The van der Waals surface area contributed by atoms with Crippen molar-refractivity contribution < 1.29 is 4.79 Å². The molecule has 0 saturated carbocycles. The molecule has 6 nitrogen and oxygen atoms in total. The molecule has 1 N–H and O–H groups in total. The number of aryl methyl sites for hydroxylation is 1. The van der Waals surface area contributed by atoms with Crippen LogP contribution in [0, 0.1) is 6.92 Å². The summed E-state index contributed by atoms with van der Waals surface area (Å²) in [7, 11) is 0. The van der Waals surface area contributed by atoms with E-state index in [1.807, 2.05) is 25.1 Å². The van der Waals surface area contributed by atoms with Gasteiger partial charge in [0.25, 0.3) is 0 Å². The summed E-state index contributed by atoms with van der Waals surface area (Å²) < 4.78 is 1.80. The van der Waals surface area contributed by atoms with Gasteiger partial charge in [0.2, 0.25) is 5.91 Å². The Kier molecular flexibility index (Phi) is 5.12. The minimum atomic E-state index is -0.123. The number of carbonyl (C=O) groups is 1. The highest BCUT2D eigenvalue weighted by Crippen LogP contribution is 2.23. The molecule has 0 aliphatic rings. The van der Waals surface area contributed by atoms with Gasteiger partial charge in [0.1, 0.15) is 6.33 Å². The summed E-state index contributed by atoms with van der Waals surface area (Å²) in [6, 6.07) is 9.19. The molecule has 0 aliphatic carbocycles. The Morgan fingerprint density at radius 1 is 1.29 bits per heavy atom. The summed E-state index contributed by atoms with van der Waals surface area (Å²) in [5, 5.41) is 12.1. The Bertz CT molecular complexity index is 853. The maximum absolute atomic E-state index is 12.0. The van der Waals surface area contributed by atoms with Crippen molar-refractivity contribution in [2.24, 2.45) is 0 Å². The van der Waals surface area contributed by atoms with Gasteiger partial charge in [-0.2, -0.15) is 0 Å². The molecule has 8 heteroatoms. The van der Waals surface area contributed by atoms with Crippen LogP contribution in [0.2, 0.25) is 5.02 Å². The van der Waals surface area contributed by atoms with Crippen LogP contribution in [0.1, 0.15) is 5.56 Å². The number of aromatic nitrogens is 4. The SMILES string of the molecule is Cc1ccc(-n2cnnc2SCC(=O)Nc2ccncc2)cc1Cl. The smallest absolute Gasteiger partial charge is 0.234 e. The molecule has 0 radical (unpaired) electrons. The van der Waals surface area contributed by atoms with Gasteiger partial charge in [-0.15, -0.1) is 10.2 Å². The van der Waals surface area contributed by atoms with Gasteiger partial charge in [0, 0.05) is 23.1 Å². The first-order valence-corrected chi connectivity index (χ1v) is 8.49. The van der Waals surface area contributed by atoms with Crippen LogP contribution >= 0.6 is 23.4 Å². The topological polar surface area (TPSA) is 72.7 Å². The predicted molar refractivity (Wildman–Crippen MR) is 94.7 cm³/mol. The van der Waals surface area contributed by atoms with Gasteiger partial charge in [-0.05, 0) is 36.8 Å². The quantitative estimate of drug-likeness (QED) is 0.707. The van der Waals surface area contributed by atoms with E-state index >= 15 is 0 Å². The summed E-state index contributed by atoms with van der Waals surface area (Å²) in [6.45, 7) is 1.94. The molecule has 0 bridgehead atoms. The number of hydrogen-bond acceptors (Lipinski definition) is 5. The van der Waals surface area contributed by atoms with E-state index in [-0.39, 0.29) is 11.7 Å². The number of amides is 1. The maximum Gasteiger partial charge on any atom is 0.234 e. The van der Waals surface area contributed by atoms with Crippen LogP contribution < -0.4 is 5.32 Å². The fraction of sp³-hybridized carbons (Fsp3) is 0.125. The molecule has 0 aliphatic heterocycles. The second-order valence-corrected chi connectivity index (χ2v) is 6.34. The van der Waals surface area contributed by atoms with E-state index in [1.54, 1.807) is 35.4 Å². The lowest BCUT2D eigenvalue weighted by molar-refractivity contribution is -0.113. The lowest BCUT2D eigenvalue weighted by Gasteiger charge is -2.08. The van der Waals surface area contributed by atoms with Gasteiger partial charge in [-0.3, -0.25) is 14.3 Å². The third-order valence-corrected chi connectivity index (χ3v) is 4.60. The van der Waals surface area contributed by atoms with E-state index in [4.69, 9.17) is 11.6 Å². The number of nitrogens with zero attached hydrogens (tertiary/aromatic N) is 4. The van der Waals surface area contributed by atoms with Gasteiger partial charge in [-0.25, -0.2) is 0 Å². The van der Waals surface area contributed by atoms with E-state index in [1.165, 1.54) is 11.8 Å². The molecule has 0 atom stereocenters. The lowest BCUT2D eigenvalue weighted by Crippen LogP contribution is -2.14. The molecule has 122 valence electrons. The molecule has 3 rings (SSSR count). The summed E-state index contributed by atoms with van der Waals surface area (Å²) >= 11 is 7.48. The molecule has 0 spiro atoms. The molecule has 0 saturated heterocycles. The zero-order valence-corrected chi connectivity index (χ0v) is 14.4. The molecule has 1 amide bonds. The van der Waals surface area contributed by atoms with Gasteiger partial charge in [-0.1, -0.05) is 29.4 Å². The number of nitrogens with one attached hydrogen (secondary N) is 1. The predicted octanol–water partition coefficient (Wildman–Crippen LogP) is 3.35. The lowest BCUT2D eigenvalue weighted by atomic mass is 10.2. The number of hydrogen-bond donors (Lipinski definition) is 1. The second kappa shape index (κ2) is 7.46. The van der Waals surface area contributed by atoms with E-state index < -0.39 is 0 Å². The summed E-state index contributed by atoms with van der Waals surface area (Å²) in [5.74, 6) is 0.100. The Balaban J connectivity index is 1.67. The van der Waals surface area contributed by atoms with Crippen LogP contribution in [0.25, 0.3) is 5.69 Å². The number of carbonyl (C=O) groups excluding carboxylic acids is 1. The van der Waals surface area contributed by atoms with E-state index in [0.717, 1.165) is 11.3 Å². The monoisotopic (exact) mass is 359 g/mol. The third kappa shape index (κ3) is 3.93. The number of halogens is 1. The Morgan fingerprint density at radius 2 is 2.08 bits per heavy atom. The summed E-state index contributed by atoms with van der Waals surface area (Å²) in [4.78, 5) is 15.9. The highest BCUT2D eigenvalue weighted by Gasteiger charge is 2.11. The number of pyridine rings is 1. The highest BCUT2D eigenvalue weighted by atomic mass is 35.5. The van der Waals surface area contributed by atoms with E-state index in [0.29, 0.717) is 15.9 Å². The van der Waals surface area contributed by atoms with Crippen molar-refractivity contribution in [2.45, 2.75) is 12.1 Å². The Morgan fingerprint density at radius 3 is 2.83 bits per heavy atom. The average Bonchev–Trinajstić information content (AvgIpc) is 3.05. The Labute approximate surface area is 148 Å². The van der Waals surface area contributed by atoms with Crippen molar-refractivity contribution in [3.05, 3.63) is 59.6 Å². The largest absolute Gasteiger partial charge is 0.325 e. The van der Waals surface area contributed by atoms with Gasteiger partial charge >= 0.3 is 0 Å². The molecule has 24 heavy (non-hydrogen) atoms. The molecule has 2 heterocycles. The van der Waals surface area contributed by atoms with Crippen molar-refractivity contribution in [1.29, 1.82) is 0 Å². The average molecular weight is 360 g/mol. The fourth-order valence-electron chi connectivity index (χ4n) is 1.99. The molecule has 3 aromatic rings. The molecule has 0 unspecified atom stereocenters. The standard InChI is InChI=1S/C16H14ClN5OS/c1-11-2-3-13(8-14(11)17)22-10-19-21-16(22)24-9-15(23)20-12-4-6-18-7-5-12/h2-8,10H,9H2,1H3,(H,18,20,23). The zero-order valence-electron chi connectivity index (χ0n) is 12.8. The number of anilines is 1. The van der Waals surface area contributed by atoms with Crippen LogP contribution in [0.15, 0.2) is 54.2 Å². The maximum atomic E-state index is 12.0. The van der Waals surface area contributed by atoms with Gasteiger partial charge in [0.05, 0.1) is 11.4 Å². The van der Waals surface area contributed by atoms with Crippen LogP contribution in [0.3, 0.4) is 0 Å². The van der Waals surface area contributed by atoms with Crippen LogP contribution in [0.5, 0.6) is 0 Å². The Hall–Kier alpha value is -2.38. The zero-order chi connectivity index (χ0) is 16.9. The molecular weight excluding hydrogens is 346 g/mol. The van der Waals surface area contributed by atoms with E-state index in [2.05, 4.69) is 20.5 Å². The first-order chi connectivity index (χ1) is 11.6. The first-order valence-electron chi connectivity index (χ1n) is 7.13. The number of thioether (sulfide) groups is 1. The van der Waals surface area contributed by atoms with Crippen LogP contribution in [-0.2, 0) is 4.79 Å². The molecular formula is C16H14ClN5OS.